The van der Waals surface area contributed by atoms with Gasteiger partial charge in [-0.2, -0.15) is 0 Å². The van der Waals surface area contributed by atoms with Gasteiger partial charge in [0.15, 0.2) is 0 Å². The fourth-order valence-corrected chi connectivity index (χ4v) is 3.43. The normalized spacial score (nSPS) is 23.5. The van der Waals surface area contributed by atoms with Crippen LogP contribution in [0.2, 0.25) is 0 Å². The lowest BCUT2D eigenvalue weighted by molar-refractivity contribution is -0.122. The van der Waals surface area contributed by atoms with Crippen LogP contribution >= 0.6 is 0 Å². The zero-order valence-corrected chi connectivity index (χ0v) is 13.1. The third-order valence-corrected chi connectivity index (χ3v) is 4.97. The topological polar surface area (TPSA) is 55.4 Å². The number of aryl methyl sites for hydroxylation is 1. The maximum atomic E-state index is 11.9. The largest absolute Gasteiger partial charge is 0.497 e. The molecule has 1 aromatic rings. The predicted octanol–water partition coefficient (Wildman–Crippen LogP) is 2.38. The standard InChI is InChI=1S/C18H23NO3/c1-22-15-7-6-13-3-2-8-18(12-20,16(13)11-15)9-10-19-17(21)14-4-5-14/h6-7,11-12,14H,2-5,8-10H2,1H3,(H,19,21). The van der Waals surface area contributed by atoms with E-state index in [1.165, 1.54) is 5.56 Å². The first-order valence-corrected chi connectivity index (χ1v) is 8.10. The average molecular weight is 301 g/mol. The number of hydrogen-bond acceptors (Lipinski definition) is 3. The number of benzene rings is 1. The van der Waals surface area contributed by atoms with Gasteiger partial charge in [-0.25, -0.2) is 0 Å². The van der Waals surface area contributed by atoms with Gasteiger partial charge < -0.3 is 14.8 Å². The second-order valence-electron chi connectivity index (χ2n) is 6.47. The molecule has 0 bridgehead atoms. The summed E-state index contributed by atoms with van der Waals surface area (Å²) in [6.45, 7) is 0.560. The number of carbonyl (C=O) groups excluding carboxylic acids is 2. The van der Waals surface area contributed by atoms with E-state index in [4.69, 9.17) is 4.74 Å². The Morgan fingerprint density at radius 2 is 2.27 bits per heavy atom. The fourth-order valence-electron chi connectivity index (χ4n) is 3.43. The molecule has 1 N–H and O–H groups in total. The Morgan fingerprint density at radius 1 is 1.45 bits per heavy atom. The molecule has 1 fully saturated rings. The fraction of sp³-hybridized carbons (Fsp3) is 0.556. The lowest BCUT2D eigenvalue weighted by Crippen LogP contribution is -2.37. The highest BCUT2D eigenvalue weighted by Crippen LogP contribution is 2.40. The van der Waals surface area contributed by atoms with E-state index >= 15 is 0 Å². The second-order valence-corrected chi connectivity index (χ2v) is 6.47. The predicted molar refractivity (Wildman–Crippen MR) is 84.0 cm³/mol. The molecule has 3 rings (SSSR count). The highest BCUT2D eigenvalue weighted by molar-refractivity contribution is 5.81. The molecule has 0 spiro atoms. The number of amides is 1. The van der Waals surface area contributed by atoms with E-state index in [0.29, 0.717) is 13.0 Å². The number of hydrogen-bond donors (Lipinski definition) is 1. The number of nitrogens with one attached hydrogen (secondary N) is 1. The van der Waals surface area contributed by atoms with Crippen molar-refractivity contribution < 1.29 is 14.3 Å². The maximum Gasteiger partial charge on any atom is 0.223 e. The van der Waals surface area contributed by atoms with Gasteiger partial charge in [-0.1, -0.05) is 6.07 Å². The van der Waals surface area contributed by atoms with E-state index in [2.05, 4.69) is 11.4 Å². The second kappa shape index (κ2) is 6.11. The first-order valence-electron chi connectivity index (χ1n) is 8.10. The van der Waals surface area contributed by atoms with Crippen molar-refractivity contribution in [3.05, 3.63) is 29.3 Å². The number of fused-ring (bicyclic) bond motifs is 1. The summed E-state index contributed by atoms with van der Waals surface area (Å²) in [5, 5.41) is 2.98. The lowest BCUT2D eigenvalue weighted by Gasteiger charge is -2.35. The summed E-state index contributed by atoms with van der Waals surface area (Å²) in [6, 6.07) is 6.01. The summed E-state index contributed by atoms with van der Waals surface area (Å²) in [4.78, 5) is 23.7. The van der Waals surface area contributed by atoms with Gasteiger partial charge >= 0.3 is 0 Å². The van der Waals surface area contributed by atoms with E-state index in [9.17, 15) is 9.59 Å². The Labute approximate surface area is 131 Å². The van der Waals surface area contributed by atoms with Crippen molar-refractivity contribution in [3.63, 3.8) is 0 Å². The van der Waals surface area contributed by atoms with E-state index in [-0.39, 0.29) is 11.8 Å². The number of aldehydes is 1. The molecule has 0 saturated heterocycles. The summed E-state index contributed by atoms with van der Waals surface area (Å²) in [6.07, 6.45) is 6.60. The molecule has 1 amide bonds. The minimum atomic E-state index is -0.487. The first-order chi connectivity index (χ1) is 10.7. The van der Waals surface area contributed by atoms with Crippen molar-refractivity contribution in [2.75, 3.05) is 13.7 Å². The van der Waals surface area contributed by atoms with Crippen LogP contribution in [0.15, 0.2) is 18.2 Å². The van der Waals surface area contributed by atoms with E-state index < -0.39 is 5.41 Å². The molecule has 2 aliphatic rings. The molecule has 0 aliphatic heterocycles. The molecular weight excluding hydrogens is 278 g/mol. The van der Waals surface area contributed by atoms with E-state index in [1.54, 1.807) is 7.11 Å². The minimum Gasteiger partial charge on any atom is -0.497 e. The van der Waals surface area contributed by atoms with Crippen LogP contribution in [0.25, 0.3) is 0 Å². The Morgan fingerprint density at radius 3 is 2.95 bits per heavy atom. The molecule has 22 heavy (non-hydrogen) atoms. The molecule has 4 nitrogen and oxygen atoms in total. The third-order valence-electron chi connectivity index (χ3n) is 4.97. The van der Waals surface area contributed by atoms with Crippen molar-refractivity contribution in [2.24, 2.45) is 5.92 Å². The minimum absolute atomic E-state index is 0.141. The third kappa shape index (κ3) is 2.87. The zero-order chi connectivity index (χ0) is 15.6. The van der Waals surface area contributed by atoms with Crippen LogP contribution in [0.5, 0.6) is 5.75 Å². The molecule has 118 valence electrons. The van der Waals surface area contributed by atoms with Crippen molar-refractivity contribution in [1.29, 1.82) is 0 Å². The zero-order valence-electron chi connectivity index (χ0n) is 13.1. The van der Waals surface area contributed by atoms with Gasteiger partial charge in [0, 0.05) is 12.5 Å². The Hall–Kier alpha value is -1.84. The van der Waals surface area contributed by atoms with Crippen LogP contribution in [0.4, 0.5) is 0 Å². The molecule has 4 heteroatoms. The van der Waals surface area contributed by atoms with Crippen molar-refractivity contribution in [2.45, 2.75) is 43.9 Å². The smallest absolute Gasteiger partial charge is 0.223 e. The quantitative estimate of drug-likeness (QED) is 0.821. The summed E-state index contributed by atoms with van der Waals surface area (Å²) < 4.78 is 5.31. The van der Waals surface area contributed by atoms with Crippen molar-refractivity contribution in [3.8, 4) is 5.75 Å². The van der Waals surface area contributed by atoms with Gasteiger partial charge in [-0.15, -0.1) is 0 Å². The van der Waals surface area contributed by atoms with Crippen molar-refractivity contribution >= 4 is 12.2 Å². The first kappa shape index (κ1) is 15.1. The molecule has 0 radical (unpaired) electrons. The summed E-state index contributed by atoms with van der Waals surface area (Å²) >= 11 is 0. The SMILES string of the molecule is COc1ccc2c(c1)C(C=O)(CCNC(=O)C1CC1)CCC2. The molecule has 2 aliphatic carbocycles. The average Bonchev–Trinajstić information content (AvgIpc) is 3.39. The van der Waals surface area contributed by atoms with E-state index in [0.717, 1.165) is 49.7 Å². The highest BCUT2D eigenvalue weighted by Gasteiger charge is 2.37. The van der Waals surface area contributed by atoms with Crippen LogP contribution in [-0.2, 0) is 21.4 Å². The molecular formula is C18H23NO3. The number of carbonyl (C=O) groups is 2. The monoisotopic (exact) mass is 301 g/mol. The highest BCUT2D eigenvalue weighted by atomic mass is 16.5. The van der Waals surface area contributed by atoms with Crippen LogP contribution in [0, 0.1) is 5.92 Å². The van der Waals surface area contributed by atoms with Gasteiger partial charge in [0.05, 0.1) is 12.5 Å². The Balaban J connectivity index is 1.77. The molecule has 1 unspecified atom stereocenters. The van der Waals surface area contributed by atoms with Crippen LogP contribution < -0.4 is 10.1 Å². The van der Waals surface area contributed by atoms with Gasteiger partial charge in [-0.05, 0) is 61.8 Å². The molecule has 1 saturated carbocycles. The van der Waals surface area contributed by atoms with Gasteiger partial charge in [-0.3, -0.25) is 4.79 Å². The maximum absolute atomic E-state index is 11.9. The van der Waals surface area contributed by atoms with Crippen LogP contribution in [0.3, 0.4) is 0 Å². The number of methoxy groups -OCH3 is 1. The number of rotatable bonds is 6. The summed E-state index contributed by atoms with van der Waals surface area (Å²) in [7, 11) is 1.64. The number of ether oxygens (including phenoxy) is 1. The molecule has 1 atom stereocenters. The van der Waals surface area contributed by atoms with Gasteiger partial charge in [0.25, 0.3) is 0 Å². The summed E-state index contributed by atoms with van der Waals surface area (Å²) in [5.41, 5.74) is 1.82. The molecule has 1 aromatic carbocycles. The van der Waals surface area contributed by atoms with Crippen molar-refractivity contribution in [1.82, 2.24) is 5.32 Å². The Kier molecular flexibility index (Phi) is 4.19. The summed E-state index contributed by atoms with van der Waals surface area (Å²) in [5.74, 6) is 1.14. The van der Waals surface area contributed by atoms with Crippen LogP contribution in [-0.4, -0.2) is 25.8 Å². The van der Waals surface area contributed by atoms with Gasteiger partial charge in [0.1, 0.15) is 12.0 Å². The van der Waals surface area contributed by atoms with Gasteiger partial charge in [0.2, 0.25) is 5.91 Å². The molecule has 0 heterocycles. The Bertz CT molecular complexity index is 580. The lowest BCUT2D eigenvalue weighted by atomic mass is 9.69. The van der Waals surface area contributed by atoms with Crippen LogP contribution in [0.1, 0.15) is 43.2 Å². The molecule has 0 aromatic heterocycles. The van der Waals surface area contributed by atoms with E-state index in [1.807, 2.05) is 12.1 Å².